The molecule has 0 unspecified atom stereocenters. The van der Waals surface area contributed by atoms with Crippen molar-refractivity contribution in [3.63, 3.8) is 0 Å². The number of aromatic nitrogens is 1. The largest absolute Gasteiger partial charge is 0.369 e. The monoisotopic (exact) mass is 281 g/mol. The summed E-state index contributed by atoms with van der Waals surface area (Å²) in [5.74, 6) is -0.916. The van der Waals surface area contributed by atoms with Crippen molar-refractivity contribution >= 4 is 23.1 Å². The fourth-order valence-electron chi connectivity index (χ4n) is 2.43. The van der Waals surface area contributed by atoms with Crippen LogP contribution in [0.25, 0.3) is 0 Å². The molecule has 0 saturated carbocycles. The Morgan fingerprint density at radius 2 is 2.00 bits per heavy atom. The van der Waals surface area contributed by atoms with Crippen LogP contribution in [0.4, 0.5) is 11.4 Å². The predicted octanol–water partition coefficient (Wildman–Crippen LogP) is 1.88. The van der Waals surface area contributed by atoms with Crippen molar-refractivity contribution in [2.24, 2.45) is 0 Å². The lowest BCUT2D eigenvalue weighted by molar-refractivity contribution is -0.114. The van der Waals surface area contributed by atoms with Crippen molar-refractivity contribution in [1.29, 1.82) is 0 Å². The van der Waals surface area contributed by atoms with Crippen LogP contribution in [-0.4, -0.2) is 30.8 Å². The van der Waals surface area contributed by atoms with Gasteiger partial charge < -0.3 is 9.80 Å². The summed E-state index contributed by atoms with van der Waals surface area (Å²) < 4.78 is 0. The average molecular weight is 281 g/mol. The maximum Gasteiger partial charge on any atom is 0.299 e. The summed E-state index contributed by atoms with van der Waals surface area (Å²) in [6, 6.07) is 11.2. The summed E-state index contributed by atoms with van der Waals surface area (Å²) in [6.07, 6.45) is 1.76. The minimum atomic E-state index is -0.477. The number of likely N-dealkylation sites (N-methyl/N-ethyl adjacent to an activating group) is 1. The number of rotatable bonds is 3. The number of hydrogen-bond acceptors (Lipinski definition) is 4. The quantitative estimate of drug-likeness (QED) is 0.806. The van der Waals surface area contributed by atoms with Crippen molar-refractivity contribution in [2.45, 2.75) is 6.54 Å². The number of fused-ring (bicyclic) bond motifs is 1. The summed E-state index contributed by atoms with van der Waals surface area (Å²) in [6.45, 7) is 0.658. The van der Waals surface area contributed by atoms with Gasteiger partial charge in [-0.1, -0.05) is 6.07 Å². The normalized spacial score (nSPS) is 13.5. The van der Waals surface area contributed by atoms with E-state index in [0.29, 0.717) is 17.8 Å². The highest BCUT2D eigenvalue weighted by atomic mass is 16.2. The molecule has 2 heterocycles. The van der Waals surface area contributed by atoms with E-state index in [-0.39, 0.29) is 0 Å². The second kappa shape index (κ2) is 5.01. The van der Waals surface area contributed by atoms with Crippen LogP contribution in [-0.2, 0) is 11.3 Å². The molecule has 5 heteroatoms. The third-order valence-electron chi connectivity index (χ3n) is 3.65. The number of benzene rings is 1. The third kappa shape index (κ3) is 2.27. The SMILES string of the molecule is CN(Cc1ccccn1)c1ccc2c(c1)N(C)C(=O)C2=O. The fraction of sp³-hybridized carbons (Fsp3) is 0.188. The van der Waals surface area contributed by atoms with Crippen LogP contribution in [0.2, 0.25) is 0 Å². The average Bonchev–Trinajstić information content (AvgIpc) is 2.73. The summed E-state index contributed by atoms with van der Waals surface area (Å²) in [5, 5.41) is 0. The Kier molecular flexibility index (Phi) is 3.17. The first-order valence-corrected chi connectivity index (χ1v) is 6.65. The van der Waals surface area contributed by atoms with Crippen LogP contribution in [0.3, 0.4) is 0 Å². The Labute approximate surface area is 122 Å². The maximum absolute atomic E-state index is 11.8. The van der Waals surface area contributed by atoms with Crippen molar-refractivity contribution in [1.82, 2.24) is 4.98 Å². The van der Waals surface area contributed by atoms with Gasteiger partial charge in [0.25, 0.3) is 11.7 Å². The molecule has 5 nitrogen and oxygen atoms in total. The van der Waals surface area contributed by atoms with Crippen molar-refractivity contribution in [3.05, 3.63) is 53.9 Å². The summed E-state index contributed by atoms with van der Waals surface area (Å²) >= 11 is 0. The Balaban J connectivity index is 1.88. The van der Waals surface area contributed by atoms with Gasteiger partial charge in [-0.3, -0.25) is 14.6 Å². The van der Waals surface area contributed by atoms with Crippen molar-refractivity contribution in [2.75, 3.05) is 23.9 Å². The molecular weight excluding hydrogens is 266 g/mol. The number of nitrogens with zero attached hydrogens (tertiary/aromatic N) is 3. The topological polar surface area (TPSA) is 53.5 Å². The number of hydrogen-bond donors (Lipinski definition) is 0. The Bertz CT molecular complexity index is 713. The van der Waals surface area contributed by atoms with E-state index < -0.39 is 11.7 Å². The van der Waals surface area contributed by atoms with Gasteiger partial charge in [-0.2, -0.15) is 0 Å². The van der Waals surface area contributed by atoms with Crippen molar-refractivity contribution in [3.8, 4) is 0 Å². The van der Waals surface area contributed by atoms with Gasteiger partial charge in [0.1, 0.15) is 0 Å². The van der Waals surface area contributed by atoms with Crippen molar-refractivity contribution < 1.29 is 9.59 Å². The van der Waals surface area contributed by atoms with E-state index in [2.05, 4.69) is 4.98 Å². The highest BCUT2D eigenvalue weighted by molar-refractivity contribution is 6.52. The number of ketones is 1. The molecule has 3 rings (SSSR count). The van der Waals surface area contributed by atoms with Crippen LogP contribution < -0.4 is 9.80 Å². The smallest absolute Gasteiger partial charge is 0.299 e. The molecule has 1 aromatic carbocycles. The van der Waals surface area contributed by atoms with Gasteiger partial charge in [0, 0.05) is 26.0 Å². The summed E-state index contributed by atoms with van der Waals surface area (Å²) in [7, 11) is 3.57. The molecule has 1 aliphatic rings. The second-order valence-corrected chi connectivity index (χ2v) is 5.07. The fourth-order valence-corrected chi connectivity index (χ4v) is 2.43. The van der Waals surface area contributed by atoms with E-state index in [0.717, 1.165) is 11.4 Å². The predicted molar refractivity (Wildman–Crippen MR) is 80.5 cm³/mol. The number of Topliss-reactive ketones (excluding diaryl/α,β-unsaturated/α-hetero) is 1. The molecule has 106 valence electrons. The molecule has 0 spiro atoms. The van der Waals surface area contributed by atoms with Crippen LogP contribution in [0.1, 0.15) is 16.1 Å². The van der Waals surface area contributed by atoms with E-state index in [9.17, 15) is 9.59 Å². The lowest BCUT2D eigenvalue weighted by Crippen LogP contribution is -2.25. The summed E-state index contributed by atoms with van der Waals surface area (Å²) in [4.78, 5) is 31.2. The number of pyridine rings is 1. The first kappa shape index (κ1) is 13.3. The number of carbonyl (C=O) groups excluding carboxylic acids is 2. The molecule has 0 radical (unpaired) electrons. The standard InChI is InChI=1S/C16H15N3O2/c1-18(10-11-5-3-4-8-17-11)12-6-7-13-14(9-12)19(2)16(21)15(13)20/h3-9H,10H2,1-2H3. The molecule has 0 atom stereocenters. The van der Waals surface area contributed by atoms with Crippen LogP contribution in [0.5, 0.6) is 0 Å². The van der Waals surface area contributed by atoms with E-state index in [1.165, 1.54) is 4.90 Å². The molecule has 1 aromatic heterocycles. The molecular formula is C16H15N3O2. The lowest BCUT2D eigenvalue weighted by atomic mass is 10.1. The zero-order valence-corrected chi connectivity index (χ0v) is 11.9. The van der Waals surface area contributed by atoms with Gasteiger partial charge >= 0.3 is 0 Å². The maximum atomic E-state index is 11.8. The Morgan fingerprint density at radius 1 is 1.19 bits per heavy atom. The molecule has 0 bridgehead atoms. The Morgan fingerprint density at radius 3 is 2.71 bits per heavy atom. The minimum absolute atomic E-state index is 0.438. The zero-order chi connectivity index (χ0) is 15.0. The van der Waals surface area contributed by atoms with Gasteiger partial charge in [0.05, 0.1) is 23.5 Å². The molecule has 0 saturated heterocycles. The molecule has 0 N–H and O–H groups in total. The minimum Gasteiger partial charge on any atom is -0.369 e. The first-order valence-electron chi connectivity index (χ1n) is 6.65. The molecule has 21 heavy (non-hydrogen) atoms. The first-order chi connectivity index (χ1) is 10.1. The molecule has 1 aliphatic heterocycles. The Hall–Kier alpha value is -2.69. The van der Waals surface area contributed by atoms with Gasteiger partial charge in [-0.15, -0.1) is 0 Å². The van der Waals surface area contributed by atoms with E-state index in [4.69, 9.17) is 0 Å². The van der Waals surface area contributed by atoms with Crippen LogP contribution in [0, 0.1) is 0 Å². The molecule has 0 fully saturated rings. The van der Waals surface area contributed by atoms with Gasteiger partial charge in [-0.05, 0) is 30.3 Å². The second-order valence-electron chi connectivity index (χ2n) is 5.07. The van der Waals surface area contributed by atoms with E-state index in [1.807, 2.05) is 42.3 Å². The van der Waals surface area contributed by atoms with Gasteiger partial charge in [0.15, 0.2) is 0 Å². The third-order valence-corrected chi connectivity index (χ3v) is 3.65. The van der Waals surface area contributed by atoms with Gasteiger partial charge in [0.2, 0.25) is 0 Å². The number of carbonyl (C=O) groups is 2. The summed E-state index contributed by atoms with van der Waals surface area (Å²) in [5.41, 5.74) is 3.03. The number of anilines is 2. The van der Waals surface area contributed by atoms with Gasteiger partial charge in [-0.25, -0.2) is 0 Å². The van der Waals surface area contributed by atoms with E-state index in [1.54, 1.807) is 19.3 Å². The highest BCUT2D eigenvalue weighted by Crippen LogP contribution is 2.31. The number of amides is 1. The molecule has 0 aliphatic carbocycles. The highest BCUT2D eigenvalue weighted by Gasteiger charge is 2.33. The molecule has 2 aromatic rings. The molecule has 1 amide bonds. The van der Waals surface area contributed by atoms with Crippen LogP contribution in [0.15, 0.2) is 42.6 Å². The lowest BCUT2D eigenvalue weighted by Gasteiger charge is -2.20. The van der Waals surface area contributed by atoms with Crippen LogP contribution >= 0.6 is 0 Å². The zero-order valence-electron chi connectivity index (χ0n) is 11.9. The van der Waals surface area contributed by atoms with E-state index >= 15 is 0 Å².